The molecule has 0 aromatic heterocycles. The smallest absolute Gasteiger partial charge is 0.318 e. The van der Waals surface area contributed by atoms with E-state index < -0.39 is 6.03 Å². The molecule has 0 radical (unpaired) electrons. The second kappa shape index (κ2) is 6.09. The van der Waals surface area contributed by atoms with Gasteiger partial charge in [-0.3, -0.25) is 4.79 Å². The molecule has 0 heterocycles. The van der Waals surface area contributed by atoms with Crippen LogP contribution in [0.3, 0.4) is 0 Å². The number of carbonyl (C=O) groups is 3. The maximum atomic E-state index is 10.7. The summed E-state index contributed by atoms with van der Waals surface area (Å²) >= 11 is 0. The topological polar surface area (TPSA) is 75.3 Å². The second-order valence-electron chi connectivity index (χ2n) is 1.90. The Morgan fingerprint density at radius 1 is 1.42 bits per heavy atom. The fourth-order valence-corrected chi connectivity index (χ4v) is 0.541. The molecule has 0 bridgehead atoms. The summed E-state index contributed by atoms with van der Waals surface area (Å²) in [7, 11) is 1.44. The number of allylic oxidation sites excluding steroid dienone is 2. The Morgan fingerprint density at radius 3 is 2.50 bits per heavy atom. The molecular formula is C7H10N2O3. The molecule has 0 spiro atoms. The molecule has 12 heavy (non-hydrogen) atoms. The molecule has 0 saturated heterocycles. The van der Waals surface area contributed by atoms with E-state index in [0.717, 1.165) is 6.08 Å². The highest BCUT2D eigenvalue weighted by atomic mass is 16.2. The summed E-state index contributed by atoms with van der Waals surface area (Å²) in [6.45, 7) is 0. The lowest BCUT2D eigenvalue weighted by atomic mass is 10.3. The van der Waals surface area contributed by atoms with E-state index in [1.165, 1.54) is 7.05 Å². The normalized spacial score (nSPS) is 10.2. The van der Waals surface area contributed by atoms with Gasteiger partial charge in [-0.05, 0) is 6.08 Å². The van der Waals surface area contributed by atoms with Gasteiger partial charge in [0.1, 0.15) is 12.6 Å². The highest BCUT2D eigenvalue weighted by Crippen LogP contribution is 1.91. The Labute approximate surface area is 69.8 Å². The minimum atomic E-state index is -0.454. The van der Waals surface area contributed by atoms with E-state index >= 15 is 0 Å². The average molecular weight is 170 g/mol. The largest absolute Gasteiger partial charge is 0.341 e. The summed E-state index contributed by atoms with van der Waals surface area (Å²) in [6, 6.07) is -0.454. The van der Waals surface area contributed by atoms with Crippen LogP contribution in [0, 0.1) is 0 Å². The van der Waals surface area contributed by atoms with Crippen LogP contribution in [0.1, 0.15) is 6.42 Å². The molecule has 2 amide bonds. The average Bonchev–Trinajstić information content (AvgIpc) is 2.05. The second-order valence-corrected chi connectivity index (χ2v) is 1.90. The predicted molar refractivity (Wildman–Crippen MR) is 42.4 cm³/mol. The fraction of sp³-hybridized carbons (Fsp3) is 0.286. The lowest BCUT2D eigenvalue weighted by molar-refractivity contribution is -0.107. The Hall–Kier alpha value is -1.65. The zero-order chi connectivity index (χ0) is 9.40. The molecule has 0 aromatic carbocycles. The van der Waals surface area contributed by atoms with E-state index in [9.17, 15) is 14.4 Å². The third-order valence-electron chi connectivity index (χ3n) is 1.07. The summed E-state index contributed by atoms with van der Waals surface area (Å²) in [5.74, 6) is 0. The van der Waals surface area contributed by atoms with Crippen LogP contribution in [-0.2, 0) is 9.59 Å². The number of hydrogen-bond acceptors (Lipinski definition) is 3. The third-order valence-corrected chi connectivity index (χ3v) is 1.07. The number of hydrogen-bond donors (Lipinski definition) is 2. The van der Waals surface area contributed by atoms with Gasteiger partial charge in [-0.25, -0.2) is 4.79 Å². The van der Waals surface area contributed by atoms with Crippen LogP contribution in [0.4, 0.5) is 4.79 Å². The molecule has 0 aliphatic rings. The molecule has 0 saturated carbocycles. The standard InChI is InChI=1S/C7H10N2O3/c1-8-7(12)9-6(2-4-10)3-5-11/h2,4-5H,3H2,1H3,(H2,8,9,12)/b6-2-. The third kappa shape index (κ3) is 4.21. The van der Waals surface area contributed by atoms with Crippen LogP contribution >= 0.6 is 0 Å². The van der Waals surface area contributed by atoms with E-state index in [2.05, 4.69) is 10.6 Å². The van der Waals surface area contributed by atoms with Crippen LogP contribution in [0.5, 0.6) is 0 Å². The van der Waals surface area contributed by atoms with E-state index in [1.807, 2.05) is 0 Å². The minimum absolute atomic E-state index is 0.0200. The van der Waals surface area contributed by atoms with Crippen molar-refractivity contribution in [3.8, 4) is 0 Å². The van der Waals surface area contributed by atoms with E-state index in [1.54, 1.807) is 0 Å². The molecule has 5 heteroatoms. The van der Waals surface area contributed by atoms with Crippen LogP contribution in [0.2, 0.25) is 0 Å². The first-order valence-electron chi connectivity index (χ1n) is 3.31. The Balaban J connectivity index is 4.12. The molecule has 0 atom stereocenters. The summed E-state index contributed by atoms with van der Waals surface area (Å²) < 4.78 is 0. The Kier molecular flexibility index (Phi) is 5.25. The van der Waals surface area contributed by atoms with Crippen molar-refractivity contribution in [3.63, 3.8) is 0 Å². The molecule has 0 rings (SSSR count). The molecule has 66 valence electrons. The highest BCUT2D eigenvalue weighted by molar-refractivity contribution is 5.78. The predicted octanol–water partition coefficient (Wildman–Crippen LogP) is -0.413. The summed E-state index contributed by atoms with van der Waals surface area (Å²) in [6.07, 6.45) is 2.26. The lowest BCUT2D eigenvalue weighted by Crippen LogP contribution is -2.32. The lowest BCUT2D eigenvalue weighted by Gasteiger charge is -2.03. The number of urea groups is 1. The first kappa shape index (κ1) is 10.3. The first-order valence-corrected chi connectivity index (χ1v) is 3.31. The molecular weight excluding hydrogens is 160 g/mol. The van der Waals surface area contributed by atoms with Gasteiger partial charge in [0.2, 0.25) is 0 Å². The monoisotopic (exact) mass is 170 g/mol. The number of rotatable bonds is 4. The minimum Gasteiger partial charge on any atom is -0.341 e. The van der Waals surface area contributed by atoms with Crippen molar-refractivity contribution in [1.82, 2.24) is 10.6 Å². The maximum absolute atomic E-state index is 10.7. The molecule has 0 aromatic rings. The van der Waals surface area contributed by atoms with Crippen molar-refractivity contribution >= 4 is 18.6 Å². The molecule has 5 nitrogen and oxygen atoms in total. The van der Waals surface area contributed by atoms with Crippen molar-refractivity contribution in [2.24, 2.45) is 0 Å². The summed E-state index contributed by atoms with van der Waals surface area (Å²) in [5.41, 5.74) is 0.277. The summed E-state index contributed by atoms with van der Waals surface area (Å²) in [4.78, 5) is 30.7. The van der Waals surface area contributed by atoms with Gasteiger partial charge in [0.25, 0.3) is 0 Å². The molecule has 0 fully saturated rings. The van der Waals surface area contributed by atoms with Gasteiger partial charge < -0.3 is 15.4 Å². The SMILES string of the molecule is CNC(=O)N/C(=C\C=O)CC=O. The van der Waals surface area contributed by atoms with Crippen LogP contribution in [-0.4, -0.2) is 25.7 Å². The Bertz CT molecular complexity index is 211. The van der Waals surface area contributed by atoms with Crippen LogP contribution < -0.4 is 10.6 Å². The molecule has 0 aliphatic carbocycles. The van der Waals surface area contributed by atoms with Crippen molar-refractivity contribution in [2.45, 2.75) is 6.42 Å². The number of amides is 2. The zero-order valence-electron chi connectivity index (χ0n) is 6.66. The highest BCUT2D eigenvalue weighted by Gasteiger charge is 1.99. The number of aldehydes is 2. The van der Waals surface area contributed by atoms with Crippen molar-refractivity contribution in [2.75, 3.05) is 7.05 Å². The number of nitrogens with one attached hydrogen (secondary N) is 2. The van der Waals surface area contributed by atoms with E-state index in [-0.39, 0.29) is 12.1 Å². The van der Waals surface area contributed by atoms with Crippen molar-refractivity contribution < 1.29 is 14.4 Å². The van der Waals surface area contributed by atoms with E-state index in [4.69, 9.17) is 0 Å². The van der Waals surface area contributed by atoms with Gasteiger partial charge in [0.05, 0.1) is 0 Å². The Morgan fingerprint density at radius 2 is 2.08 bits per heavy atom. The quantitative estimate of drug-likeness (QED) is 0.444. The van der Waals surface area contributed by atoms with Gasteiger partial charge in [0, 0.05) is 19.2 Å². The van der Waals surface area contributed by atoms with E-state index in [0.29, 0.717) is 12.6 Å². The van der Waals surface area contributed by atoms with Crippen LogP contribution in [0.25, 0.3) is 0 Å². The van der Waals surface area contributed by atoms with Gasteiger partial charge in [0.15, 0.2) is 0 Å². The van der Waals surface area contributed by atoms with Gasteiger partial charge in [-0.2, -0.15) is 0 Å². The van der Waals surface area contributed by atoms with Crippen molar-refractivity contribution in [3.05, 3.63) is 11.8 Å². The molecule has 2 N–H and O–H groups in total. The van der Waals surface area contributed by atoms with Crippen LogP contribution in [0.15, 0.2) is 11.8 Å². The van der Waals surface area contributed by atoms with Crippen molar-refractivity contribution in [1.29, 1.82) is 0 Å². The molecule has 0 unspecified atom stereocenters. The zero-order valence-corrected chi connectivity index (χ0v) is 6.66. The number of carbonyl (C=O) groups excluding carboxylic acids is 3. The van der Waals surface area contributed by atoms with Gasteiger partial charge in [-0.15, -0.1) is 0 Å². The maximum Gasteiger partial charge on any atom is 0.318 e. The molecule has 0 aliphatic heterocycles. The fourth-order valence-electron chi connectivity index (χ4n) is 0.541. The first-order chi connectivity index (χ1) is 5.74. The van der Waals surface area contributed by atoms with Gasteiger partial charge >= 0.3 is 6.03 Å². The summed E-state index contributed by atoms with van der Waals surface area (Å²) in [5, 5.41) is 4.61. The van der Waals surface area contributed by atoms with Gasteiger partial charge in [-0.1, -0.05) is 0 Å².